The van der Waals surface area contributed by atoms with Gasteiger partial charge in [-0.15, -0.1) is 0 Å². The molecule has 4 aromatic carbocycles. The van der Waals surface area contributed by atoms with Crippen LogP contribution >= 0.6 is 0 Å². The Morgan fingerprint density at radius 2 is 0.886 bits per heavy atom. The van der Waals surface area contributed by atoms with Gasteiger partial charge >= 0.3 is 0 Å². The lowest BCUT2D eigenvalue weighted by atomic mass is 9.49. The molecule has 0 bridgehead atoms. The average molecular weight is 589 g/mol. The number of phenolic OH excluding ortho intramolecular Hbond substituents is 2. The summed E-state index contributed by atoms with van der Waals surface area (Å²) in [7, 11) is 3.34. The molecule has 0 heterocycles. The lowest BCUT2D eigenvalue weighted by Gasteiger charge is -2.54. The molecule has 2 N–H and O–H groups in total. The van der Waals surface area contributed by atoms with Crippen LogP contribution in [0.1, 0.15) is 84.7 Å². The summed E-state index contributed by atoms with van der Waals surface area (Å²) in [5.41, 5.74) is 8.48. The zero-order valence-corrected chi connectivity index (χ0v) is 26.7. The van der Waals surface area contributed by atoms with Crippen molar-refractivity contribution in [2.45, 2.75) is 64.2 Å². The van der Waals surface area contributed by atoms with Gasteiger partial charge in [0.25, 0.3) is 0 Å². The van der Waals surface area contributed by atoms with Crippen molar-refractivity contribution in [2.75, 3.05) is 14.2 Å². The lowest BCUT2D eigenvalue weighted by molar-refractivity contribution is 0.227. The van der Waals surface area contributed by atoms with Gasteiger partial charge in [-0.3, -0.25) is 0 Å². The van der Waals surface area contributed by atoms with E-state index in [1.165, 1.54) is 22.3 Å². The first kappa shape index (κ1) is 31.0. The Balaban J connectivity index is 1.69. The fourth-order valence-electron chi connectivity index (χ4n) is 6.83. The summed E-state index contributed by atoms with van der Waals surface area (Å²) in [5.74, 6) is 2.18. The summed E-state index contributed by atoms with van der Waals surface area (Å²) in [6, 6.07) is 29.3. The Kier molecular flexibility index (Phi) is 9.49. The first-order valence-electron chi connectivity index (χ1n) is 15.4. The van der Waals surface area contributed by atoms with E-state index in [2.05, 4.69) is 101 Å². The van der Waals surface area contributed by atoms with Crippen LogP contribution in [0.5, 0.6) is 23.0 Å². The molecule has 0 aromatic heterocycles. The summed E-state index contributed by atoms with van der Waals surface area (Å²) >= 11 is 0. The molecule has 4 heteroatoms. The third kappa shape index (κ3) is 6.26. The molecule has 1 aliphatic carbocycles. The zero-order chi connectivity index (χ0) is 31.4. The number of benzene rings is 4. The van der Waals surface area contributed by atoms with Crippen LogP contribution in [-0.2, 0) is 12.8 Å². The number of phenols is 2. The van der Waals surface area contributed by atoms with Crippen LogP contribution in [0, 0.1) is 0 Å². The van der Waals surface area contributed by atoms with Crippen molar-refractivity contribution >= 4 is 0 Å². The van der Waals surface area contributed by atoms with Crippen LogP contribution in [0.4, 0.5) is 0 Å². The highest BCUT2D eigenvalue weighted by Crippen LogP contribution is 2.67. The molecule has 44 heavy (non-hydrogen) atoms. The summed E-state index contributed by atoms with van der Waals surface area (Å²) in [6.07, 6.45) is 5.43. The Labute approximate surface area is 262 Å². The highest BCUT2D eigenvalue weighted by molar-refractivity contribution is 5.57. The van der Waals surface area contributed by atoms with E-state index in [0.29, 0.717) is 24.3 Å². The lowest BCUT2D eigenvalue weighted by Crippen LogP contribution is -2.40. The van der Waals surface area contributed by atoms with E-state index < -0.39 is 0 Å². The molecular weight excluding hydrogens is 544 g/mol. The summed E-state index contributed by atoms with van der Waals surface area (Å²) in [5, 5.41) is 22.7. The minimum atomic E-state index is 0.0561. The molecule has 0 spiro atoms. The Morgan fingerprint density at radius 3 is 1.20 bits per heavy atom. The van der Waals surface area contributed by atoms with E-state index in [4.69, 9.17) is 9.47 Å². The summed E-state index contributed by atoms with van der Waals surface area (Å²) < 4.78 is 11.7. The first-order chi connectivity index (χ1) is 21.2. The number of ether oxygens (including phenoxy) is 2. The minimum Gasteiger partial charge on any atom is -0.508 e. The van der Waals surface area contributed by atoms with Crippen LogP contribution in [0.15, 0.2) is 108 Å². The van der Waals surface area contributed by atoms with Gasteiger partial charge in [-0.25, -0.2) is 0 Å². The topological polar surface area (TPSA) is 58.9 Å². The average Bonchev–Trinajstić information content (AvgIpc) is 3.00. The van der Waals surface area contributed by atoms with Crippen molar-refractivity contribution in [3.05, 3.63) is 142 Å². The van der Waals surface area contributed by atoms with E-state index >= 15 is 0 Å². The number of methoxy groups -OCH3 is 2. The van der Waals surface area contributed by atoms with E-state index in [-0.39, 0.29) is 35.2 Å². The van der Waals surface area contributed by atoms with Crippen molar-refractivity contribution in [2.24, 2.45) is 0 Å². The SMILES string of the molecule is COc1cc(C2C(c3ccccc3)C(c3cc(O)c(CC=C(C)C)c(OC)c3)C2c2ccccc2)cc(O)c1CC=C(C)C. The number of allylic oxidation sites excluding steroid dienone is 4. The highest BCUT2D eigenvalue weighted by atomic mass is 16.5. The number of hydrogen-bond donors (Lipinski definition) is 2. The quantitative estimate of drug-likeness (QED) is 0.181. The monoisotopic (exact) mass is 588 g/mol. The number of hydrogen-bond acceptors (Lipinski definition) is 4. The van der Waals surface area contributed by atoms with Crippen molar-refractivity contribution < 1.29 is 19.7 Å². The molecule has 1 fully saturated rings. The second kappa shape index (κ2) is 13.5. The molecule has 0 aliphatic heterocycles. The summed E-state index contributed by atoms with van der Waals surface area (Å²) in [6.45, 7) is 8.23. The van der Waals surface area contributed by atoms with Crippen molar-refractivity contribution in [3.63, 3.8) is 0 Å². The Hall–Kier alpha value is -4.44. The van der Waals surface area contributed by atoms with Crippen LogP contribution < -0.4 is 9.47 Å². The van der Waals surface area contributed by atoms with E-state index in [1.54, 1.807) is 14.2 Å². The van der Waals surface area contributed by atoms with Gasteiger partial charge in [-0.2, -0.15) is 0 Å². The van der Waals surface area contributed by atoms with E-state index in [9.17, 15) is 10.2 Å². The molecule has 228 valence electrons. The van der Waals surface area contributed by atoms with Gasteiger partial charge in [0.1, 0.15) is 23.0 Å². The molecule has 1 saturated carbocycles. The van der Waals surface area contributed by atoms with Gasteiger partial charge in [0, 0.05) is 11.1 Å². The molecule has 0 radical (unpaired) electrons. The molecule has 4 aromatic rings. The van der Waals surface area contributed by atoms with E-state index in [0.717, 1.165) is 22.3 Å². The predicted octanol–water partition coefficient (Wildman–Crippen LogP) is 9.58. The van der Waals surface area contributed by atoms with Crippen LogP contribution in [-0.4, -0.2) is 24.4 Å². The predicted molar refractivity (Wildman–Crippen MR) is 179 cm³/mol. The second-order valence-electron chi connectivity index (χ2n) is 12.3. The van der Waals surface area contributed by atoms with Gasteiger partial charge < -0.3 is 19.7 Å². The number of rotatable bonds is 10. The van der Waals surface area contributed by atoms with Gasteiger partial charge in [-0.05, 0) is 111 Å². The fourth-order valence-corrected chi connectivity index (χ4v) is 6.83. The van der Waals surface area contributed by atoms with Crippen LogP contribution in [0.2, 0.25) is 0 Å². The minimum absolute atomic E-state index is 0.0561. The van der Waals surface area contributed by atoms with Gasteiger partial charge in [0.15, 0.2) is 0 Å². The first-order valence-corrected chi connectivity index (χ1v) is 15.4. The molecule has 0 amide bonds. The van der Waals surface area contributed by atoms with Gasteiger partial charge in [0.05, 0.1) is 14.2 Å². The van der Waals surface area contributed by atoms with Crippen molar-refractivity contribution in [1.82, 2.24) is 0 Å². The van der Waals surface area contributed by atoms with Crippen molar-refractivity contribution in [3.8, 4) is 23.0 Å². The van der Waals surface area contributed by atoms with Crippen molar-refractivity contribution in [1.29, 1.82) is 0 Å². The highest BCUT2D eigenvalue weighted by Gasteiger charge is 2.53. The Bertz CT molecular complexity index is 1510. The maximum absolute atomic E-state index is 11.3. The third-order valence-corrected chi connectivity index (χ3v) is 8.97. The molecule has 5 rings (SSSR count). The maximum atomic E-state index is 11.3. The zero-order valence-electron chi connectivity index (χ0n) is 26.7. The van der Waals surface area contributed by atoms with Crippen LogP contribution in [0.25, 0.3) is 0 Å². The standard InChI is InChI=1S/C40H44O4/c1-25(2)17-19-31-33(41)21-29(23-35(31)43-5)39-37(27-13-9-7-10-14-27)40(38(39)28-15-11-8-12-16-28)30-22-34(42)32(20-18-26(3)4)36(24-30)44-6/h7-18,21-24,37-42H,19-20H2,1-6H3. The molecule has 1 aliphatic rings. The third-order valence-electron chi connectivity index (χ3n) is 8.97. The van der Waals surface area contributed by atoms with Gasteiger partial charge in [0.2, 0.25) is 0 Å². The maximum Gasteiger partial charge on any atom is 0.126 e. The molecule has 0 atom stereocenters. The second-order valence-corrected chi connectivity index (χ2v) is 12.3. The largest absolute Gasteiger partial charge is 0.508 e. The number of aromatic hydroxyl groups is 2. The molecule has 4 nitrogen and oxygen atoms in total. The van der Waals surface area contributed by atoms with Gasteiger partial charge in [-0.1, -0.05) is 84.0 Å². The Morgan fingerprint density at radius 1 is 0.545 bits per heavy atom. The summed E-state index contributed by atoms with van der Waals surface area (Å²) in [4.78, 5) is 0. The molecular formula is C40H44O4. The fraction of sp³-hybridized carbons (Fsp3) is 0.300. The normalized spacial score (nSPS) is 19.0. The van der Waals surface area contributed by atoms with Crippen LogP contribution in [0.3, 0.4) is 0 Å². The molecule has 0 saturated heterocycles. The van der Waals surface area contributed by atoms with E-state index in [1.807, 2.05) is 24.3 Å². The molecule has 0 unspecified atom stereocenters. The smallest absolute Gasteiger partial charge is 0.126 e.